The van der Waals surface area contributed by atoms with Crippen LogP contribution < -0.4 is 4.74 Å². The zero-order valence-corrected chi connectivity index (χ0v) is 11.5. The Hall–Kier alpha value is -2.23. The highest BCUT2D eigenvalue weighted by molar-refractivity contribution is 5.86. The molecule has 2 heterocycles. The normalized spacial score (nSPS) is 14.8. The number of aromatic nitrogens is 3. The van der Waals surface area contributed by atoms with E-state index in [2.05, 4.69) is 32.4 Å². The number of fused-ring (bicyclic) bond motifs is 1. The largest absolute Gasteiger partial charge is 0.496 e. The molecule has 102 valence electrons. The molecule has 0 bridgehead atoms. The van der Waals surface area contributed by atoms with Gasteiger partial charge in [0.05, 0.1) is 31.2 Å². The van der Waals surface area contributed by atoms with Gasteiger partial charge in [-0.2, -0.15) is 0 Å². The molecule has 1 aromatic carbocycles. The predicted molar refractivity (Wildman–Crippen MR) is 78.1 cm³/mol. The Morgan fingerprint density at radius 1 is 1.30 bits per heavy atom. The fourth-order valence-corrected chi connectivity index (χ4v) is 2.82. The van der Waals surface area contributed by atoms with Gasteiger partial charge in [-0.25, -0.2) is 4.98 Å². The maximum Gasteiger partial charge on any atom is 0.128 e. The van der Waals surface area contributed by atoms with Crippen LogP contribution in [0.1, 0.15) is 24.6 Å². The summed E-state index contributed by atoms with van der Waals surface area (Å²) in [6, 6.07) is 8.96. The molecule has 1 fully saturated rings. The van der Waals surface area contributed by atoms with Crippen LogP contribution in [0.4, 0.5) is 0 Å². The second kappa shape index (κ2) is 4.40. The molecule has 0 saturated heterocycles. The van der Waals surface area contributed by atoms with Crippen molar-refractivity contribution in [1.82, 2.24) is 14.1 Å². The van der Waals surface area contributed by atoms with Crippen LogP contribution in [0.15, 0.2) is 43.0 Å². The molecular formula is C16H17N3O. The Morgan fingerprint density at radius 2 is 2.20 bits per heavy atom. The first-order chi connectivity index (χ1) is 9.86. The van der Waals surface area contributed by atoms with Gasteiger partial charge < -0.3 is 13.9 Å². The van der Waals surface area contributed by atoms with E-state index in [-0.39, 0.29) is 0 Å². The average Bonchev–Trinajstić information content (AvgIpc) is 3.08. The maximum absolute atomic E-state index is 5.42. The SMILES string of the molecule is COc1cccc2c1ccn2Cc1cncn1C1CC1. The number of benzene rings is 1. The Morgan fingerprint density at radius 3 is 3.00 bits per heavy atom. The first-order valence-electron chi connectivity index (χ1n) is 6.99. The third-order valence-electron chi connectivity index (χ3n) is 4.01. The highest BCUT2D eigenvalue weighted by Gasteiger charge is 2.25. The summed E-state index contributed by atoms with van der Waals surface area (Å²) >= 11 is 0. The van der Waals surface area contributed by atoms with Gasteiger partial charge in [-0.3, -0.25) is 0 Å². The molecule has 1 aliphatic carbocycles. The topological polar surface area (TPSA) is 32.0 Å². The van der Waals surface area contributed by atoms with Crippen molar-refractivity contribution >= 4 is 10.9 Å². The van der Waals surface area contributed by atoms with E-state index in [1.807, 2.05) is 24.7 Å². The van der Waals surface area contributed by atoms with Crippen LogP contribution >= 0.6 is 0 Å². The third-order valence-corrected chi connectivity index (χ3v) is 4.01. The quantitative estimate of drug-likeness (QED) is 0.727. The number of methoxy groups -OCH3 is 1. The fourth-order valence-electron chi connectivity index (χ4n) is 2.82. The van der Waals surface area contributed by atoms with Crippen LogP contribution in [-0.4, -0.2) is 21.2 Å². The second-order valence-electron chi connectivity index (χ2n) is 5.36. The van der Waals surface area contributed by atoms with Crippen molar-refractivity contribution in [3.05, 3.63) is 48.7 Å². The Labute approximate surface area is 117 Å². The lowest BCUT2D eigenvalue weighted by Gasteiger charge is -2.09. The number of imidazole rings is 1. The van der Waals surface area contributed by atoms with Gasteiger partial charge >= 0.3 is 0 Å². The number of hydrogen-bond donors (Lipinski definition) is 0. The van der Waals surface area contributed by atoms with Crippen molar-refractivity contribution in [2.24, 2.45) is 0 Å². The first-order valence-corrected chi connectivity index (χ1v) is 6.99. The predicted octanol–water partition coefficient (Wildman–Crippen LogP) is 3.23. The van der Waals surface area contributed by atoms with E-state index in [1.165, 1.54) is 24.1 Å². The molecule has 3 aromatic rings. The van der Waals surface area contributed by atoms with Gasteiger partial charge in [-0.15, -0.1) is 0 Å². The molecule has 0 N–H and O–H groups in total. The van der Waals surface area contributed by atoms with Crippen LogP contribution in [0.25, 0.3) is 10.9 Å². The lowest BCUT2D eigenvalue weighted by atomic mass is 10.2. The van der Waals surface area contributed by atoms with Gasteiger partial charge in [0.1, 0.15) is 5.75 Å². The van der Waals surface area contributed by atoms with Gasteiger partial charge in [0.2, 0.25) is 0 Å². The zero-order chi connectivity index (χ0) is 13.5. The van der Waals surface area contributed by atoms with Crippen molar-refractivity contribution in [1.29, 1.82) is 0 Å². The highest BCUT2D eigenvalue weighted by atomic mass is 16.5. The molecule has 0 unspecified atom stereocenters. The molecule has 0 radical (unpaired) electrons. The lowest BCUT2D eigenvalue weighted by molar-refractivity contribution is 0.420. The summed E-state index contributed by atoms with van der Waals surface area (Å²) in [7, 11) is 1.72. The minimum atomic E-state index is 0.670. The summed E-state index contributed by atoms with van der Waals surface area (Å²) in [6.07, 6.45) is 8.62. The van der Waals surface area contributed by atoms with Crippen LogP contribution in [0.2, 0.25) is 0 Å². The van der Waals surface area contributed by atoms with Crippen molar-refractivity contribution in [3.63, 3.8) is 0 Å². The maximum atomic E-state index is 5.42. The van der Waals surface area contributed by atoms with E-state index < -0.39 is 0 Å². The standard InChI is InChI=1S/C16H17N3O/c1-20-16-4-2-3-15-14(16)7-8-18(15)10-13-9-17-11-19(13)12-5-6-12/h2-4,7-9,11-12H,5-6,10H2,1H3. The van der Waals surface area contributed by atoms with Crippen LogP contribution in [0.3, 0.4) is 0 Å². The average molecular weight is 267 g/mol. The Bertz CT molecular complexity index is 752. The molecule has 1 aliphatic rings. The van der Waals surface area contributed by atoms with E-state index in [0.717, 1.165) is 17.7 Å². The summed E-state index contributed by atoms with van der Waals surface area (Å²) in [5.41, 5.74) is 2.47. The minimum absolute atomic E-state index is 0.670. The van der Waals surface area contributed by atoms with Crippen molar-refractivity contribution in [2.45, 2.75) is 25.4 Å². The molecule has 4 rings (SSSR count). The molecule has 0 atom stereocenters. The monoisotopic (exact) mass is 267 g/mol. The summed E-state index contributed by atoms with van der Waals surface area (Å²) in [6.45, 7) is 0.854. The summed E-state index contributed by atoms with van der Waals surface area (Å²) < 4.78 is 9.99. The summed E-state index contributed by atoms with van der Waals surface area (Å²) in [5.74, 6) is 0.928. The number of nitrogens with zero attached hydrogens (tertiary/aromatic N) is 3. The van der Waals surface area contributed by atoms with Gasteiger partial charge in [0.25, 0.3) is 0 Å². The number of rotatable bonds is 4. The zero-order valence-electron chi connectivity index (χ0n) is 11.5. The molecule has 0 amide bonds. The van der Waals surface area contributed by atoms with Gasteiger partial charge in [0, 0.05) is 23.8 Å². The smallest absolute Gasteiger partial charge is 0.128 e. The van der Waals surface area contributed by atoms with E-state index in [1.54, 1.807) is 7.11 Å². The second-order valence-corrected chi connectivity index (χ2v) is 5.36. The Kier molecular flexibility index (Phi) is 2.55. The third kappa shape index (κ3) is 1.80. The van der Waals surface area contributed by atoms with Gasteiger partial charge in [0.15, 0.2) is 0 Å². The van der Waals surface area contributed by atoms with Crippen molar-refractivity contribution < 1.29 is 4.74 Å². The van der Waals surface area contributed by atoms with Crippen LogP contribution in [0.5, 0.6) is 5.75 Å². The first kappa shape index (κ1) is 11.6. The minimum Gasteiger partial charge on any atom is -0.496 e. The molecular weight excluding hydrogens is 250 g/mol. The van der Waals surface area contributed by atoms with Gasteiger partial charge in [-0.05, 0) is 31.0 Å². The van der Waals surface area contributed by atoms with Crippen LogP contribution in [0, 0.1) is 0 Å². The molecule has 4 heteroatoms. The Balaban J connectivity index is 1.73. The molecule has 0 spiro atoms. The van der Waals surface area contributed by atoms with E-state index in [9.17, 15) is 0 Å². The van der Waals surface area contributed by atoms with Gasteiger partial charge in [-0.1, -0.05) is 6.07 Å². The molecule has 4 nitrogen and oxygen atoms in total. The van der Waals surface area contributed by atoms with E-state index >= 15 is 0 Å². The molecule has 0 aliphatic heterocycles. The number of ether oxygens (including phenoxy) is 1. The number of hydrogen-bond acceptors (Lipinski definition) is 2. The summed E-state index contributed by atoms with van der Waals surface area (Å²) in [4.78, 5) is 4.30. The van der Waals surface area contributed by atoms with Crippen molar-refractivity contribution in [3.8, 4) is 5.75 Å². The van der Waals surface area contributed by atoms with Crippen molar-refractivity contribution in [2.75, 3.05) is 7.11 Å². The van der Waals surface area contributed by atoms with E-state index in [4.69, 9.17) is 4.74 Å². The van der Waals surface area contributed by atoms with E-state index in [0.29, 0.717) is 6.04 Å². The lowest BCUT2D eigenvalue weighted by Crippen LogP contribution is -2.05. The molecule has 2 aromatic heterocycles. The molecule has 20 heavy (non-hydrogen) atoms. The highest BCUT2D eigenvalue weighted by Crippen LogP contribution is 2.36. The van der Waals surface area contributed by atoms with Crippen LogP contribution in [-0.2, 0) is 6.54 Å². The molecule has 1 saturated carbocycles. The fraction of sp³-hybridized carbons (Fsp3) is 0.312. The summed E-state index contributed by atoms with van der Waals surface area (Å²) in [5, 5.41) is 1.16.